The Morgan fingerprint density at radius 3 is 0.859 bits per heavy atom. The van der Waals surface area contributed by atoms with Crippen molar-refractivity contribution in [2.45, 2.75) is 392 Å². The highest BCUT2D eigenvalue weighted by Gasteiger charge is 2.20. The minimum absolute atomic E-state index is 0.0203. The van der Waals surface area contributed by atoms with Gasteiger partial charge in [-0.05, 0) is 25.7 Å². The van der Waals surface area contributed by atoms with Crippen LogP contribution in [0.5, 0.6) is 0 Å². The highest BCUT2D eigenvalue weighted by Crippen LogP contribution is 2.19. The highest BCUT2D eigenvalue weighted by atomic mass is 16.5. The second-order valence-electron chi connectivity index (χ2n) is 22.8. The molecule has 0 heterocycles. The van der Waals surface area contributed by atoms with E-state index in [4.69, 9.17) is 4.74 Å². The summed E-state index contributed by atoms with van der Waals surface area (Å²) in [5.41, 5.74) is 0. The second-order valence-corrected chi connectivity index (χ2v) is 22.8. The van der Waals surface area contributed by atoms with Crippen LogP contribution in [0.3, 0.4) is 0 Å². The maximum absolute atomic E-state index is 12.5. The zero-order valence-corrected chi connectivity index (χ0v) is 48.5. The number of unbranched alkanes of at least 4 members (excludes halogenated alkanes) is 51. The maximum Gasteiger partial charge on any atom is 0.305 e. The summed E-state index contributed by atoms with van der Waals surface area (Å²) >= 11 is 0. The number of amides is 1. The molecule has 0 aromatic heterocycles. The van der Waals surface area contributed by atoms with Crippen LogP contribution < -0.4 is 5.32 Å². The van der Waals surface area contributed by atoms with E-state index in [1.165, 1.54) is 308 Å². The van der Waals surface area contributed by atoms with E-state index in [0.29, 0.717) is 25.9 Å². The number of hydrogen-bond acceptors (Lipinski definition) is 5. The highest BCUT2D eigenvalue weighted by molar-refractivity contribution is 5.76. The molecule has 424 valence electrons. The number of carbonyl (C=O) groups excluding carboxylic acids is 2. The summed E-state index contributed by atoms with van der Waals surface area (Å²) in [6.07, 6.45) is 72.7. The molecule has 0 fully saturated rings. The van der Waals surface area contributed by atoms with E-state index in [0.717, 1.165) is 38.5 Å². The molecule has 0 aliphatic carbocycles. The molecule has 0 bridgehead atoms. The van der Waals surface area contributed by atoms with Crippen molar-refractivity contribution in [3.05, 3.63) is 0 Å². The van der Waals surface area contributed by atoms with E-state index in [1.807, 2.05) is 0 Å². The first-order valence-electron chi connectivity index (χ1n) is 32.8. The first-order chi connectivity index (χ1) is 35.0. The van der Waals surface area contributed by atoms with Gasteiger partial charge in [-0.25, -0.2) is 0 Å². The molecule has 0 saturated heterocycles. The van der Waals surface area contributed by atoms with E-state index in [9.17, 15) is 19.8 Å². The van der Waals surface area contributed by atoms with Gasteiger partial charge in [-0.2, -0.15) is 0 Å². The largest absolute Gasteiger partial charge is 0.466 e. The van der Waals surface area contributed by atoms with Crippen molar-refractivity contribution in [2.24, 2.45) is 0 Å². The third-order valence-electron chi connectivity index (χ3n) is 15.7. The minimum Gasteiger partial charge on any atom is -0.466 e. The molecule has 1 amide bonds. The Labute approximate surface area is 445 Å². The maximum atomic E-state index is 12.5. The van der Waals surface area contributed by atoms with E-state index in [1.54, 1.807) is 0 Å². The van der Waals surface area contributed by atoms with Crippen LogP contribution in [-0.2, 0) is 14.3 Å². The zero-order chi connectivity index (χ0) is 51.4. The van der Waals surface area contributed by atoms with Gasteiger partial charge in [0.05, 0.1) is 25.4 Å². The van der Waals surface area contributed by atoms with Crippen LogP contribution in [0, 0.1) is 0 Å². The van der Waals surface area contributed by atoms with Gasteiger partial charge < -0.3 is 20.3 Å². The molecule has 0 aliphatic rings. The molecule has 0 aliphatic heterocycles. The van der Waals surface area contributed by atoms with Gasteiger partial charge in [0.25, 0.3) is 0 Å². The van der Waals surface area contributed by atoms with Gasteiger partial charge in [-0.1, -0.05) is 341 Å². The Morgan fingerprint density at radius 1 is 0.338 bits per heavy atom. The molecular weight excluding hydrogens is 875 g/mol. The van der Waals surface area contributed by atoms with Crippen molar-refractivity contribution in [3.63, 3.8) is 0 Å². The Hall–Kier alpha value is -1.14. The third-order valence-corrected chi connectivity index (χ3v) is 15.7. The summed E-state index contributed by atoms with van der Waals surface area (Å²) in [5.74, 6) is -0.0121. The number of aliphatic hydroxyl groups is 2. The number of nitrogens with one attached hydrogen (secondary N) is 1. The van der Waals surface area contributed by atoms with Crippen LogP contribution >= 0.6 is 0 Å². The van der Waals surface area contributed by atoms with Crippen LogP contribution in [-0.4, -0.2) is 47.4 Å². The van der Waals surface area contributed by atoms with Crippen LogP contribution in [0.2, 0.25) is 0 Å². The monoisotopic (exact) mass is 1000 g/mol. The quantitative estimate of drug-likeness (QED) is 0.0417. The number of carbonyl (C=O) groups is 2. The first-order valence-corrected chi connectivity index (χ1v) is 32.8. The van der Waals surface area contributed by atoms with Gasteiger partial charge in [0.1, 0.15) is 0 Å². The fourth-order valence-corrected chi connectivity index (χ4v) is 10.6. The van der Waals surface area contributed by atoms with Crippen molar-refractivity contribution in [3.8, 4) is 0 Å². The SMILES string of the molecule is CCCCCCCCCCCCCCCCCCCCCC(=O)OCCCCCCCCCCCCCCCCCCCCCCCCCC(=O)NC(CO)C(O)CCCCCCCCCCCCCC. The van der Waals surface area contributed by atoms with Gasteiger partial charge >= 0.3 is 5.97 Å². The van der Waals surface area contributed by atoms with Crippen LogP contribution in [0.4, 0.5) is 0 Å². The zero-order valence-electron chi connectivity index (χ0n) is 48.5. The smallest absolute Gasteiger partial charge is 0.305 e. The predicted octanol–water partition coefficient (Wildman–Crippen LogP) is 20.6. The molecule has 0 spiro atoms. The first kappa shape index (κ1) is 69.9. The van der Waals surface area contributed by atoms with Crippen molar-refractivity contribution < 1.29 is 24.5 Å². The van der Waals surface area contributed by atoms with Gasteiger partial charge in [0, 0.05) is 12.8 Å². The van der Waals surface area contributed by atoms with E-state index >= 15 is 0 Å². The third kappa shape index (κ3) is 58.0. The number of ether oxygens (including phenoxy) is 1. The number of aliphatic hydroxyl groups excluding tert-OH is 2. The van der Waals surface area contributed by atoms with Crippen LogP contribution in [0.15, 0.2) is 0 Å². The van der Waals surface area contributed by atoms with Gasteiger partial charge in [-0.15, -0.1) is 0 Å². The average molecular weight is 1000 g/mol. The summed E-state index contributed by atoms with van der Waals surface area (Å²) < 4.78 is 5.51. The van der Waals surface area contributed by atoms with Gasteiger partial charge in [0.15, 0.2) is 0 Å². The topological polar surface area (TPSA) is 95.9 Å². The predicted molar refractivity (Wildman–Crippen MR) is 310 cm³/mol. The van der Waals surface area contributed by atoms with E-state index in [2.05, 4.69) is 19.2 Å². The minimum atomic E-state index is -0.661. The average Bonchev–Trinajstić information content (AvgIpc) is 3.37. The molecule has 0 radical (unpaired) electrons. The molecule has 0 aromatic rings. The summed E-state index contributed by atoms with van der Waals surface area (Å²) in [4.78, 5) is 24.6. The lowest BCUT2D eigenvalue weighted by Crippen LogP contribution is -2.45. The Balaban J connectivity index is 3.32. The standard InChI is InChI=1S/C65H129NO5/c1-3-5-7-9-11-13-15-17-18-19-25-29-32-35-39-43-47-51-55-59-65(70)71-60-56-52-48-44-40-36-33-30-27-24-22-20-21-23-26-28-31-34-38-42-46-50-54-58-64(69)66-62(61-67)63(68)57-53-49-45-41-37-16-14-12-10-8-6-4-2/h62-63,67-68H,3-61H2,1-2H3,(H,66,69). The van der Waals surface area contributed by atoms with E-state index in [-0.39, 0.29) is 18.5 Å². The molecule has 2 atom stereocenters. The molecule has 0 rings (SSSR count). The fraction of sp³-hybridized carbons (Fsp3) is 0.969. The summed E-state index contributed by atoms with van der Waals surface area (Å²) in [7, 11) is 0. The molecule has 6 nitrogen and oxygen atoms in total. The van der Waals surface area contributed by atoms with Crippen LogP contribution in [0.25, 0.3) is 0 Å². The Kier molecular flexibility index (Phi) is 60.4. The van der Waals surface area contributed by atoms with Crippen molar-refractivity contribution in [1.82, 2.24) is 5.32 Å². The molecule has 6 heteroatoms. The Bertz CT molecular complexity index is 1020. The van der Waals surface area contributed by atoms with Crippen molar-refractivity contribution in [2.75, 3.05) is 13.2 Å². The number of esters is 1. The van der Waals surface area contributed by atoms with Gasteiger partial charge in [0.2, 0.25) is 5.91 Å². The van der Waals surface area contributed by atoms with Crippen LogP contribution in [0.1, 0.15) is 380 Å². The van der Waals surface area contributed by atoms with Crippen molar-refractivity contribution in [1.29, 1.82) is 0 Å². The molecule has 0 saturated carbocycles. The lowest BCUT2D eigenvalue weighted by atomic mass is 10.0. The summed E-state index contributed by atoms with van der Waals surface area (Å²) in [6, 6.07) is -0.539. The molecule has 3 N–H and O–H groups in total. The molecule has 2 unspecified atom stereocenters. The molecular formula is C65H129NO5. The Morgan fingerprint density at radius 2 is 0.577 bits per heavy atom. The fourth-order valence-electron chi connectivity index (χ4n) is 10.6. The lowest BCUT2D eigenvalue weighted by molar-refractivity contribution is -0.143. The van der Waals surface area contributed by atoms with E-state index < -0.39 is 12.1 Å². The summed E-state index contributed by atoms with van der Waals surface area (Å²) in [5, 5.41) is 23.2. The molecule has 71 heavy (non-hydrogen) atoms. The number of hydrogen-bond donors (Lipinski definition) is 3. The second kappa shape index (κ2) is 61.4. The van der Waals surface area contributed by atoms with Gasteiger partial charge in [-0.3, -0.25) is 9.59 Å². The number of rotatable bonds is 62. The molecule has 0 aromatic carbocycles. The summed E-state index contributed by atoms with van der Waals surface area (Å²) in [6.45, 7) is 4.99. The lowest BCUT2D eigenvalue weighted by Gasteiger charge is -2.22. The van der Waals surface area contributed by atoms with Crippen molar-refractivity contribution >= 4 is 11.9 Å². The normalized spacial score (nSPS) is 12.5.